The second-order valence-corrected chi connectivity index (χ2v) is 9.37. The van der Waals surface area contributed by atoms with Crippen molar-refractivity contribution < 1.29 is 23.4 Å². The molecule has 1 aromatic heterocycles. The number of rotatable bonds is 7. The molecule has 2 heterocycles. The van der Waals surface area contributed by atoms with Crippen LogP contribution in [0.15, 0.2) is 36.4 Å². The third-order valence-electron chi connectivity index (χ3n) is 6.90. The van der Waals surface area contributed by atoms with E-state index in [2.05, 4.69) is 15.3 Å². The Morgan fingerprint density at radius 3 is 2.61 bits per heavy atom. The second kappa shape index (κ2) is 10.3. The molecule has 0 bridgehead atoms. The average Bonchev–Trinajstić information content (AvgIpc) is 2.88. The van der Waals surface area contributed by atoms with Crippen LogP contribution in [0.2, 0.25) is 0 Å². The molecular weight excluding hydrogens is 466 g/mol. The van der Waals surface area contributed by atoms with Crippen LogP contribution in [0.4, 0.5) is 14.6 Å². The Bertz CT molecular complexity index is 1260. The number of anilines is 1. The molecule has 1 aliphatic rings. The largest absolute Gasteiger partial charge is 0.496 e. The van der Waals surface area contributed by atoms with Crippen LogP contribution in [0.25, 0.3) is 10.9 Å². The van der Waals surface area contributed by atoms with Crippen LogP contribution in [0.1, 0.15) is 61.2 Å². The normalized spacial score (nSPS) is 15.7. The Hall–Kier alpha value is -3.33. The molecule has 36 heavy (non-hydrogen) atoms. The maximum atomic E-state index is 14.1. The number of aryl methyl sites for hydroxylation is 1. The highest BCUT2D eigenvalue weighted by Gasteiger charge is 2.31. The molecule has 4 rings (SSSR count). The molecule has 192 valence electrons. The van der Waals surface area contributed by atoms with E-state index in [-0.39, 0.29) is 23.4 Å². The van der Waals surface area contributed by atoms with Gasteiger partial charge in [0, 0.05) is 43.1 Å². The van der Waals surface area contributed by atoms with Gasteiger partial charge in [-0.15, -0.1) is 0 Å². The van der Waals surface area contributed by atoms with Crippen LogP contribution in [-0.4, -0.2) is 52.7 Å². The first kappa shape index (κ1) is 25.8. The van der Waals surface area contributed by atoms with Gasteiger partial charge in [-0.05, 0) is 55.9 Å². The number of hydrogen-bond donors (Lipinski definition) is 2. The number of hydrogen-bond acceptors (Lipinski definition) is 6. The molecule has 2 aromatic carbocycles. The van der Waals surface area contributed by atoms with Crippen LogP contribution in [0.3, 0.4) is 0 Å². The van der Waals surface area contributed by atoms with Crippen LogP contribution >= 0.6 is 0 Å². The number of aliphatic hydroxyl groups excluding tert-OH is 1. The summed E-state index contributed by atoms with van der Waals surface area (Å²) in [5.41, 5.74) is 2.18. The van der Waals surface area contributed by atoms with Gasteiger partial charge >= 0.3 is 0 Å². The minimum atomic E-state index is -3.31. The summed E-state index contributed by atoms with van der Waals surface area (Å²) in [6, 6.07) is 9.67. The van der Waals surface area contributed by atoms with E-state index in [1.807, 2.05) is 24.0 Å². The van der Waals surface area contributed by atoms with Gasteiger partial charge in [-0.25, -0.2) is 9.97 Å². The predicted molar refractivity (Wildman–Crippen MR) is 135 cm³/mol. The van der Waals surface area contributed by atoms with Gasteiger partial charge < -0.3 is 20.1 Å². The molecule has 7 nitrogen and oxygen atoms in total. The number of alkyl halides is 2. The number of aromatic nitrogens is 2. The van der Waals surface area contributed by atoms with E-state index in [1.54, 1.807) is 33.1 Å². The highest BCUT2D eigenvalue weighted by molar-refractivity contribution is 5.91. The van der Waals surface area contributed by atoms with Crippen molar-refractivity contribution in [3.05, 3.63) is 58.9 Å². The van der Waals surface area contributed by atoms with Crippen molar-refractivity contribution in [3.8, 4) is 5.75 Å². The Morgan fingerprint density at radius 1 is 1.25 bits per heavy atom. The lowest BCUT2D eigenvalue weighted by atomic mass is 9.88. The minimum absolute atomic E-state index is 0.0871. The third-order valence-corrected chi connectivity index (χ3v) is 6.90. The standard InChI is InChI=1S/C27H32F2N4O3/c1-16(20-6-5-7-21(12-20)27(28,29)15-34)30-26-23-13-22(19-8-10-33(11-9-19)18(3)35)25(36-4)14-24(23)31-17(2)32-26/h5-7,12-14,16,19,34H,8-11,15H2,1-4H3,(H,30,31,32)/t16-/m0/s1. The molecule has 1 aliphatic heterocycles. The van der Waals surface area contributed by atoms with E-state index in [4.69, 9.17) is 9.84 Å². The molecule has 0 spiro atoms. The lowest BCUT2D eigenvalue weighted by Gasteiger charge is -2.32. The molecule has 1 atom stereocenters. The van der Waals surface area contributed by atoms with Gasteiger partial charge in [-0.2, -0.15) is 8.78 Å². The number of ether oxygens (including phenoxy) is 1. The van der Waals surface area contributed by atoms with Gasteiger partial charge in [-0.3, -0.25) is 4.79 Å². The Labute approximate surface area is 209 Å². The zero-order valence-electron chi connectivity index (χ0n) is 21.0. The number of carbonyl (C=O) groups excluding carboxylic acids is 1. The van der Waals surface area contributed by atoms with Crippen molar-refractivity contribution >= 4 is 22.6 Å². The molecule has 3 aromatic rings. The van der Waals surface area contributed by atoms with Gasteiger partial charge in [0.05, 0.1) is 12.6 Å². The van der Waals surface area contributed by atoms with Crippen molar-refractivity contribution in [1.29, 1.82) is 0 Å². The van der Waals surface area contributed by atoms with E-state index in [1.165, 1.54) is 12.1 Å². The Balaban J connectivity index is 1.68. The summed E-state index contributed by atoms with van der Waals surface area (Å²) >= 11 is 0. The molecule has 2 N–H and O–H groups in total. The van der Waals surface area contributed by atoms with E-state index in [0.717, 1.165) is 35.1 Å². The van der Waals surface area contributed by atoms with Crippen molar-refractivity contribution in [2.45, 2.75) is 51.5 Å². The van der Waals surface area contributed by atoms with E-state index in [0.29, 0.717) is 30.3 Å². The molecular formula is C27H32F2N4O3. The van der Waals surface area contributed by atoms with Crippen LogP contribution in [0, 0.1) is 6.92 Å². The Kier molecular flexibility index (Phi) is 7.40. The lowest BCUT2D eigenvalue weighted by Crippen LogP contribution is -2.36. The first-order chi connectivity index (χ1) is 17.1. The Morgan fingerprint density at radius 2 is 1.97 bits per heavy atom. The summed E-state index contributed by atoms with van der Waals surface area (Å²) in [4.78, 5) is 22.8. The van der Waals surface area contributed by atoms with Gasteiger partial charge in [-0.1, -0.05) is 18.2 Å². The number of benzene rings is 2. The second-order valence-electron chi connectivity index (χ2n) is 9.37. The van der Waals surface area contributed by atoms with Crippen molar-refractivity contribution in [2.75, 3.05) is 32.1 Å². The van der Waals surface area contributed by atoms with Gasteiger partial charge in [0.2, 0.25) is 5.91 Å². The number of nitrogens with one attached hydrogen (secondary N) is 1. The average molecular weight is 499 g/mol. The maximum Gasteiger partial charge on any atom is 0.295 e. The number of piperidine rings is 1. The summed E-state index contributed by atoms with van der Waals surface area (Å²) < 4.78 is 33.8. The van der Waals surface area contributed by atoms with E-state index >= 15 is 0 Å². The number of methoxy groups -OCH3 is 1. The molecule has 9 heteroatoms. The molecule has 1 amide bonds. The molecule has 0 radical (unpaired) electrons. The zero-order chi connectivity index (χ0) is 26.0. The fourth-order valence-corrected chi connectivity index (χ4v) is 4.82. The van der Waals surface area contributed by atoms with Gasteiger partial charge in [0.15, 0.2) is 0 Å². The molecule has 0 aliphatic carbocycles. The van der Waals surface area contributed by atoms with E-state index < -0.39 is 12.5 Å². The van der Waals surface area contributed by atoms with Crippen molar-refractivity contribution in [3.63, 3.8) is 0 Å². The van der Waals surface area contributed by atoms with Crippen molar-refractivity contribution in [2.24, 2.45) is 0 Å². The quantitative estimate of drug-likeness (QED) is 0.480. The number of nitrogens with zero attached hydrogens (tertiary/aromatic N) is 3. The maximum absolute atomic E-state index is 14.1. The van der Waals surface area contributed by atoms with E-state index in [9.17, 15) is 13.6 Å². The lowest BCUT2D eigenvalue weighted by molar-refractivity contribution is -0.129. The van der Waals surface area contributed by atoms with Gasteiger partial charge in [0.25, 0.3) is 5.92 Å². The SMILES string of the molecule is COc1cc2nc(C)nc(N[C@@H](C)c3cccc(C(F)(F)CO)c3)c2cc1C1CCN(C(C)=O)CC1. The summed E-state index contributed by atoms with van der Waals surface area (Å²) in [5.74, 6) is -1.07. The summed E-state index contributed by atoms with van der Waals surface area (Å²) in [5, 5.41) is 13.3. The van der Waals surface area contributed by atoms with Crippen LogP contribution in [0.5, 0.6) is 5.75 Å². The molecule has 1 saturated heterocycles. The first-order valence-electron chi connectivity index (χ1n) is 12.1. The molecule has 0 unspecified atom stereocenters. The highest BCUT2D eigenvalue weighted by atomic mass is 19.3. The molecule has 0 saturated carbocycles. The topological polar surface area (TPSA) is 87.6 Å². The molecule has 1 fully saturated rings. The fourth-order valence-electron chi connectivity index (χ4n) is 4.82. The van der Waals surface area contributed by atoms with Gasteiger partial charge in [0.1, 0.15) is 24.0 Å². The summed E-state index contributed by atoms with van der Waals surface area (Å²) in [6.45, 7) is 5.42. The summed E-state index contributed by atoms with van der Waals surface area (Å²) in [7, 11) is 1.64. The monoisotopic (exact) mass is 498 g/mol. The number of likely N-dealkylation sites (tertiary alicyclic amines) is 1. The predicted octanol–water partition coefficient (Wildman–Crippen LogP) is 4.93. The zero-order valence-corrected chi connectivity index (χ0v) is 21.0. The number of aliphatic hydroxyl groups is 1. The smallest absolute Gasteiger partial charge is 0.295 e. The number of fused-ring (bicyclic) bond motifs is 1. The minimum Gasteiger partial charge on any atom is -0.496 e. The highest BCUT2D eigenvalue weighted by Crippen LogP contribution is 2.39. The first-order valence-corrected chi connectivity index (χ1v) is 12.1. The number of carbonyl (C=O) groups is 1. The third kappa shape index (κ3) is 5.26. The number of amides is 1. The van der Waals surface area contributed by atoms with Crippen LogP contribution < -0.4 is 10.1 Å². The summed E-state index contributed by atoms with van der Waals surface area (Å²) in [6.07, 6.45) is 1.67. The number of halogens is 2. The van der Waals surface area contributed by atoms with Crippen molar-refractivity contribution in [1.82, 2.24) is 14.9 Å². The van der Waals surface area contributed by atoms with Crippen LogP contribution in [-0.2, 0) is 10.7 Å². The fraction of sp³-hybridized carbons (Fsp3) is 0.444.